The summed E-state index contributed by atoms with van der Waals surface area (Å²) in [6, 6.07) is 3.20. The Kier molecular flexibility index (Phi) is 4.52. The maximum absolute atomic E-state index is 13.0. The largest absolute Gasteiger partial charge is 0.480 e. The quantitative estimate of drug-likeness (QED) is 0.833. The molecule has 0 heterocycles. The minimum Gasteiger partial charge on any atom is -0.480 e. The molecular formula is C10H13ClFNO2. The first-order chi connectivity index (χ1) is 7.04. The predicted octanol–water partition coefficient (Wildman–Crippen LogP) is 1.51. The van der Waals surface area contributed by atoms with E-state index < -0.39 is 17.8 Å². The molecule has 15 heavy (non-hydrogen) atoms. The van der Waals surface area contributed by atoms with Crippen LogP contribution >= 0.6 is 12.4 Å². The van der Waals surface area contributed by atoms with Crippen LogP contribution in [-0.2, 0) is 11.2 Å². The first-order valence-corrected chi connectivity index (χ1v) is 4.09. The number of carboxylic acids is 1. The number of rotatable bonds is 3. The van der Waals surface area contributed by atoms with Gasteiger partial charge in [0.2, 0.25) is 0 Å². The molecule has 84 valence electrons. The maximum atomic E-state index is 13.0. The highest BCUT2D eigenvalue weighted by atomic mass is 35.5. The zero-order chi connectivity index (χ0) is 11.4. The predicted molar refractivity (Wildman–Crippen MR) is 57.7 cm³/mol. The summed E-state index contributed by atoms with van der Waals surface area (Å²) in [5, 5.41) is 8.59. The zero-order valence-corrected chi connectivity index (χ0v) is 8.76. The molecule has 3 nitrogen and oxygen atoms in total. The summed E-state index contributed by atoms with van der Waals surface area (Å²) in [5.41, 5.74) is 6.23. The number of halogens is 2. The van der Waals surface area contributed by atoms with Crippen LogP contribution in [0.3, 0.4) is 0 Å². The van der Waals surface area contributed by atoms with Crippen molar-refractivity contribution < 1.29 is 15.7 Å². The van der Waals surface area contributed by atoms with E-state index in [9.17, 15) is 9.18 Å². The lowest BCUT2D eigenvalue weighted by Crippen LogP contribution is -2.32. The number of aliphatic carboxylic acids is 1. The number of hydrogen-bond donors (Lipinski definition) is 2. The van der Waals surface area contributed by atoms with Gasteiger partial charge in [0.1, 0.15) is 11.9 Å². The summed E-state index contributed by atoms with van der Waals surface area (Å²) in [6.45, 7) is -0.165. The Morgan fingerprint density at radius 1 is 1.73 bits per heavy atom. The van der Waals surface area contributed by atoms with Crippen LogP contribution in [0.25, 0.3) is 0 Å². The fraction of sp³-hybridized carbons (Fsp3) is 0.300. The van der Waals surface area contributed by atoms with Crippen molar-refractivity contribution in [1.82, 2.24) is 0 Å². The molecule has 0 amide bonds. The van der Waals surface area contributed by atoms with Crippen LogP contribution in [0.15, 0.2) is 18.2 Å². The van der Waals surface area contributed by atoms with E-state index in [4.69, 9.17) is 12.2 Å². The van der Waals surface area contributed by atoms with E-state index in [1.54, 1.807) is 0 Å². The minimum atomic E-state index is -1.09. The van der Waals surface area contributed by atoms with Crippen LogP contribution in [0.2, 0.25) is 0 Å². The monoisotopic (exact) mass is 234 g/mol. The van der Waals surface area contributed by atoms with Gasteiger partial charge in [0.05, 0.1) is 0 Å². The minimum absolute atomic E-state index is 0. The molecule has 0 fully saturated rings. The van der Waals surface area contributed by atoms with Crippen molar-refractivity contribution >= 4 is 18.4 Å². The molecule has 0 aliphatic heterocycles. The third-order valence-corrected chi connectivity index (χ3v) is 1.88. The van der Waals surface area contributed by atoms with Crippen LogP contribution in [0.5, 0.6) is 0 Å². The first-order valence-electron chi connectivity index (χ1n) is 4.80. The Morgan fingerprint density at radius 3 is 2.93 bits per heavy atom. The smallest absolute Gasteiger partial charge is 0.320 e. The van der Waals surface area contributed by atoms with Gasteiger partial charge in [0, 0.05) is 1.37 Å². The Balaban J connectivity index is 0.00000225. The van der Waals surface area contributed by atoms with Gasteiger partial charge in [-0.3, -0.25) is 4.79 Å². The highest BCUT2D eigenvalue weighted by molar-refractivity contribution is 5.85. The highest BCUT2D eigenvalue weighted by Crippen LogP contribution is 2.10. The normalized spacial score (nSPS) is 12.5. The molecule has 5 heteroatoms. The molecule has 1 aromatic carbocycles. The van der Waals surface area contributed by atoms with Gasteiger partial charge in [-0.25, -0.2) is 4.39 Å². The van der Waals surface area contributed by atoms with Crippen molar-refractivity contribution in [2.75, 3.05) is 0 Å². The van der Waals surface area contributed by atoms with E-state index in [0.717, 1.165) is 0 Å². The molecule has 3 N–H and O–H groups in total. The molecule has 1 rings (SSSR count). The van der Waals surface area contributed by atoms with Gasteiger partial charge >= 0.3 is 5.97 Å². The fourth-order valence-corrected chi connectivity index (χ4v) is 1.10. The third-order valence-electron chi connectivity index (χ3n) is 1.88. The van der Waals surface area contributed by atoms with Crippen molar-refractivity contribution in [3.05, 3.63) is 35.1 Å². The number of carboxylic acid groups (broad SMARTS) is 1. The van der Waals surface area contributed by atoms with Gasteiger partial charge < -0.3 is 10.8 Å². The molecule has 1 aromatic rings. The van der Waals surface area contributed by atoms with E-state index in [1.807, 2.05) is 0 Å². The van der Waals surface area contributed by atoms with Crippen LogP contribution in [-0.4, -0.2) is 17.1 Å². The Hall–Kier alpha value is -1.13. The van der Waals surface area contributed by atoms with Crippen molar-refractivity contribution in [3.8, 4) is 0 Å². The standard InChI is InChI=1S/C10H12FNO2.ClH/c1-6-4-7(2-3-8(6)11)5-9(12)10(13)14;/h2-4,9H,5,12H2,1H3,(H,13,14);1H/t9-;/m0./s1/i1D;. The number of hydrogen-bond acceptors (Lipinski definition) is 2. The summed E-state index contributed by atoms with van der Waals surface area (Å²) >= 11 is 0. The van der Waals surface area contributed by atoms with Gasteiger partial charge in [-0.15, -0.1) is 12.4 Å². The second-order valence-electron chi connectivity index (χ2n) is 3.07. The van der Waals surface area contributed by atoms with Crippen LogP contribution in [0, 0.1) is 12.7 Å². The summed E-state index contributed by atoms with van der Waals surface area (Å²) in [6.07, 6.45) is 0.141. The van der Waals surface area contributed by atoms with E-state index in [0.29, 0.717) is 5.56 Å². The topological polar surface area (TPSA) is 63.3 Å². The molecular weight excluding hydrogens is 221 g/mol. The Bertz CT molecular complexity index is 376. The lowest BCUT2D eigenvalue weighted by molar-refractivity contribution is -0.138. The Labute approximate surface area is 94.9 Å². The average Bonchev–Trinajstić information content (AvgIpc) is 2.20. The second kappa shape index (κ2) is 5.68. The van der Waals surface area contributed by atoms with Crippen molar-refractivity contribution in [1.29, 1.82) is 0 Å². The maximum Gasteiger partial charge on any atom is 0.320 e. The third kappa shape index (κ3) is 3.85. The van der Waals surface area contributed by atoms with Gasteiger partial charge in [-0.1, -0.05) is 12.1 Å². The number of aryl methyl sites for hydroxylation is 1. The average molecular weight is 235 g/mol. The van der Waals surface area contributed by atoms with Crippen LogP contribution in [0.1, 0.15) is 12.5 Å². The number of benzene rings is 1. The molecule has 0 saturated heterocycles. The molecule has 1 atom stereocenters. The summed E-state index contributed by atoms with van der Waals surface area (Å²) < 4.78 is 20.1. The van der Waals surface area contributed by atoms with Gasteiger partial charge in [0.15, 0.2) is 0 Å². The van der Waals surface area contributed by atoms with Gasteiger partial charge in [-0.2, -0.15) is 0 Å². The zero-order valence-electron chi connectivity index (χ0n) is 8.94. The molecule has 0 bridgehead atoms. The summed E-state index contributed by atoms with van der Waals surface area (Å²) in [7, 11) is 0. The molecule has 0 unspecified atom stereocenters. The van der Waals surface area contributed by atoms with Crippen molar-refractivity contribution in [3.63, 3.8) is 0 Å². The lowest BCUT2D eigenvalue weighted by Gasteiger charge is -2.07. The van der Waals surface area contributed by atoms with Crippen molar-refractivity contribution in [2.24, 2.45) is 5.73 Å². The molecule has 0 aromatic heterocycles. The first kappa shape index (κ1) is 11.9. The summed E-state index contributed by atoms with van der Waals surface area (Å²) in [4.78, 5) is 10.5. The molecule has 0 aliphatic rings. The van der Waals surface area contributed by atoms with Crippen LogP contribution < -0.4 is 5.73 Å². The highest BCUT2D eigenvalue weighted by Gasteiger charge is 2.12. The molecule has 0 spiro atoms. The molecule has 0 aliphatic carbocycles. The molecule has 0 saturated carbocycles. The summed E-state index contributed by atoms with van der Waals surface area (Å²) in [5.74, 6) is -1.54. The van der Waals surface area contributed by atoms with E-state index in [-0.39, 0.29) is 31.3 Å². The Morgan fingerprint density at radius 2 is 2.40 bits per heavy atom. The van der Waals surface area contributed by atoms with E-state index >= 15 is 0 Å². The number of carbonyl (C=O) groups is 1. The SMILES string of the molecule is Cl.[2H]Cc1cc(C[C@H](N)C(=O)O)ccc1F. The lowest BCUT2D eigenvalue weighted by atomic mass is 10.0. The van der Waals surface area contributed by atoms with E-state index in [1.165, 1.54) is 18.2 Å². The number of nitrogens with two attached hydrogens (primary N) is 1. The van der Waals surface area contributed by atoms with Gasteiger partial charge in [-0.05, 0) is 30.5 Å². The fourth-order valence-electron chi connectivity index (χ4n) is 1.10. The van der Waals surface area contributed by atoms with Gasteiger partial charge in [0.25, 0.3) is 0 Å². The second-order valence-corrected chi connectivity index (χ2v) is 3.07. The van der Waals surface area contributed by atoms with Crippen molar-refractivity contribution in [2.45, 2.75) is 19.4 Å². The molecule has 0 radical (unpaired) electrons. The van der Waals surface area contributed by atoms with Crippen LogP contribution in [0.4, 0.5) is 4.39 Å². The van der Waals surface area contributed by atoms with E-state index in [2.05, 4.69) is 0 Å².